The highest BCUT2D eigenvalue weighted by Crippen LogP contribution is 2.39. The topological polar surface area (TPSA) is 189 Å². The summed E-state index contributed by atoms with van der Waals surface area (Å²) in [4.78, 5) is 57.6. The molecule has 4 aliphatic rings. The molecule has 56 heavy (non-hydrogen) atoms. The van der Waals surface area contributed by atoms with Crippen molar-refractivity contribution in [1.82, 2.24) is 4.90 Å². The van der Waals surface area contributed by atoms with Crippen LogP contribution >= 0.6 is 0 Å². The quantitative estimate of drug-likeness (QED) is 0.172. The Labute approximate surface area is 333 Å². The number of ketones is 2. The number of nitrogens with zero attached hydrogens (tertiary/aromatic N) is 1. The molecule has 3 fully saturated rings. The largest absolute Gasteiger partial charge is 0.456 e. The Balaban J connectivity index is 1.76. The van der Waals surface area contributed by atoms with Gasteiger partial charge in [0.1, 0.15) is 24.0 Å². The first-order chi connectivity index (χ1) is 26.5. The number of hydrogen-bond donors (Lipinski definition) is 4. The van der Waals surface area contributed by atoms with E-state index in [0.29, 0.717) is 56.9 Å². The highest BCUT2D eigenvalue weighted by atomic mass is 16.7. The molecule has 4 rings (SSSR count). The number of amides is 1. The van der Waals surface area contributed by atoms with Crippen LogP contribution in [0.4, 0.5) is 0 Å². The van der Waals surface area contributed by atoms with Crippen LogP contribution in [0.3, 0.4) is 0 Å². The number of carbonyl (C=O) groups excluding carboxylic acids is 4. The summed E-state index contributed by atoms with van der Waals surface area (Å²) < 4.78 is 24.2. The smallest absolute Gasteiger partial charge is 0.329 e. The summed E-state index contributed by atoms with van der Waals surface area (Å²) in [7, 11) is 3.05. The van der Waals surface area contributed by atoms with Crippen molar-refractivity contribution < 1.29 is 58.6 Å². The van der Waals surface area contributed by atoms with Gasteiger partial charge in [0.15, 0.2) is 0 Å². The average molecular weight is 792 g/mol. The van der Waals surface area contributed by atoms with E-state index in [9.17, 15) is 39.6 Å². The second kappa shape index (κ2) is 20.4. The molecule has 318 valence electrons. The Morgan fingerprint density at radius 2 is 1.64 bits per heavy atom. The van der Waals surface area contributed by atoms with Gasteiger partial charge in [0.2, 0.25) is 5.79 Å². The van der Waals surface area contributed by atoms with Crippen LogP contribution in [0.2, 0.25) is 0 Å². The molecule has 0 aromatic heterocycles. The lowest BCUT2D eigenvalue weighted by atomic mass is 9.78. The average Bonchev–Trinajstić information content (AvgIpc) is 3.18. The number of carbonyl (C=O) groups is 4. The number of Topliss-reactive ketones (excluding diaryl/α,β-unsaturated/α-hetero) is 2. The number of hydrogen-bond acceptors (Lipinski definition) is 12. The lowest BCUT2D eigenvalue weighted by Gasteiger charge is -2.47. The third-order valence-electron chi connectivity index (χ3n) is 13.0. The highest BCUT2D eigenvalue weighted by molar-refractivity contribution is 6.39. The molecule has 0 radical (unpaired) electrons. The van der Waals surface area contributed by atoms with Gasteiger partial charge >= 0.3 is 5.97 Å². The molecule has 3 heterocycles. The van der Waals surface area contributed by atoms with Gasteiger partial charge in [-0.3, -0.25) is 14.4 Å². The number of methoxy groups -OCH3 is 2. The summed E-state index contributed by atoms with van der Waals surface area (Å²) >= 11 is 0. The van der Waals surface area contributed by atoms with Gasteiger partial charge in [0.25, 0.3) is 11.7 Å². The number of aliphatic hydroxyl groups excluding tert-OH is 3. The first-order valence-corrected chi connectivity index (χ1v) is 20.9. The van der Waals surface area contributed by atoms with Gasteiger partial charge in [-0.25, -0.2) is 4.79 Å². The van der Waals surface area contributed by atoms with E-state index in [1.165, 1.54) is 19.1 Å². The van der Waals surface area contributed by atoms with Crippen molar-refractivity contribution in [3.05, 3.63) is 23.3 Å². The molecule has 4 N–H and O–H groups in total. The molecule has 1 aliphatic carbocycles. The van der Waals surface area contributed by atoms with Gasteiger partial charge < -0.3 is 44.3 Å². The summed E-state index contributed by atoms with van der Waals surface area (Å²) in [6.07, 6.45) is 3.79. The third-order valence-corrected chi connectivity index (χ3v) is 13.0. The molecule has 2 saturated heterocycles. The number of aliphatic hydroxyl groups is 4. The van der Waals surface area contributed by atoms with Crippen molar-refractivity contribution >= 4 is 23.4 Å². The van der Waals surface area contributed by atoms with E-state index in [1.54, 1.807) is 20.8 Å². The van der Waals surface area contributed by atoms with Crippen molar-refractivity contribution in [3.63, 3.8) is 0 Å². The van der Waals surface area contributed by atoms with Crippen molar-refractivity contribution in [1.29, 1.82) is 0 Å². The van der Waals surface area contributed by atoms with Gasteiger partial charge in [-0.15, -0.1) is 0 Å². The van der Waals surface area contributed by atoms with E-state index >= 15 is 0 Å². The molecule has 0 aromatic rings. The summed E-state index contributed by atoms with van der Waals surface area (Å²) in [6, 6.07) is -1.14. The van der Waals surface area contributed by atoms with Gasteiger partial charge in [-0.2, -0.15) is 0 Å². The van der Waals surface area contributed by atoms with Crippen LogP contribution in [0.15, 0.2) is 23.3 Å². The lowest BCUT2D eigenvalue weighted by molar-refractivity contribution is -0.302. The van der Waals surface area contributed by atoms with Crippen molar-refractivity contribution in [2.24, 2.45) is 35.5 Å². The van der Waals surface area contributed by atoms with Crippen molar-refractivity contribution in [2.75, 3.05) is 27.4 Å². The Bertz CT molecular complexity index is 1430. The van der Waals surface area contributed by atoms with E-state index in [2.05, 4.69) is 0 Å². The summed E-state index contributed by atoms with van der Waals surface area (Å²) in [5.74, 6) is -7.92. The molecular weight excluding hydrogens is 722 g/mol. The number of allylic oxidation sites excluding steroid dienone is 3. The molecule has 13 nitrogen and oxygen atoms in total. The van der Waals surface area contributed by atoms with Gasteiger partial charge in [0.05, 0.1) is 24.4 Å². The standard InChI is InChI=1S/C43H69NO12/c1-9-30-17-24(2)16-25(3)18-36(53-7)39-37(54-8)20-27(5)43(52,56-39)40(49)41(50)44-15-11-10-12-32(44)42(51)55-38(28(6)34(47)22-35(30)48)26(4)19-29-13-14-33(46)31(21-29)23-45/h17,19,25,27-34,36-39,45-47,52H,9-16,18,20-23H2,1-8H3/b24-17+,26-19+. The van der Waals surface area contributed by atoms with E-state index in [0.717, 1.165) is 5.57 Å². The number of fused-ring (bicyclic) bond motifs is 3. The minimum Gasteiger partial charge on any atom is -0.456 e. The van der Waals surface area contributed by atoms with Gasteiger partial charge in [-0.05, 0) is 95.5 Å². The summed E-state index contributed by atoms with van der Waals surface area (Å²) in [5, 5.41) is 43.9. The fourth-order valence-corrected chi connectivity index (χ4v) is 9.47. The van der Waals surface area contributed by atoms with Crippen LogP contribution in [0.25, 0.3) is 0 Å². The van der Waals surface area contributed by atoms with Crippen LogP contribution in [-0.4, -0.2) is 125 Å². The molecule has 1 saturated carbocycles. The van der Waals surface area contributed by atoms with E-state index in [-0.39, 0.29) is 56.0 Å². The Morgan fingerprint density at radius 1 is 0.964 bits per heavy atom. The monoisotopic (exact) mass is 791 g/mol. The second-order valence-electron chi connectivity index (χ2n) is 17.3. The second-order valence-corrected chi connectivity index (χ2v) is 17.3. The molecule has 0 aromatic carbocycles. The van der Waals surface area contributed by atoms with E-state index in [1.807, 2.05) is 32.9 Å². The first-order valence-electron chi connectivity index (χ1n) is 20.9. The maximum Gasteiger partial charge on any atom is 0.329 e. The summed E-state index contributed by atoms with van der Waals surface area (Å²) in [6.45, 7) is 11.0. The fraction of sp³-hybridized carbons (Fsp3) is 0.814. The van der Waals surface area contributed by atoms with Crippen LogP contribution in [0.1, 0.15) is 112 Å². The molecular formula is C43H69NO12. The Hall–Kier alpha value is -2.52. The maximum atomic E-state index is 14.3. The molecule has 13 heteroatoms. The Kier molecular flexibility index (Phi) is 16.9. The maximum absolute atomic E-state index is 14.3. The molecule has 1 amide bonds. The fourth-order valence-electron chi connectivity index (χ4n) is 9.47. The zero-order valence-corrected chi connectivity index (χ0v) is 34.9. The molecule has 3 aliphatic heterocycles. The van der Waals surface area contributed by atoms with Gasteiger partial charge in [-0.1, -0.05) is 45.4 Å². The number of esters is 1. The molecule has 2 bridgehead atoms. The minimum atomic E-state index is -2.51. The molecule has 14 unspecified atom stereocenters. The number of piperidine rings is 1. The predicted molar refractivity (Wildman–Crippen MR) is 208 cm³/mol. The molecule has 0 spiro atoms. The van der Waals surface area contributed by atoms with Crippen LogP contribution < -0.4 is 0 Å². The minimum absolute atomic E-state index is 0.0299. The SMILES string of the molecule is CCC1/C=C(\C)CC(C)CC(OC)C2OC(O)(C(=O)C(=O)N3CCCCC3C(=O)OC(/C(C)=C/C3CCC(O)C(CO)C3)C(C)C(O)CC1=O)C(C)CC2OC. The number of cyclic esters (lactones) is 1. The zero-order chi connectivity index (χ0) is 41.5. The number of ether oxygens (including phenoxy) is 4. The zero-order valence-electron chi connectivity index (χ0n) is 34.9. The van der Waals surface area contributed by atoms with Crippen molar-refractivity contribution in [2.45, 2.75) is 161 Å². The van der Waals surface area contributed by atoms with Crippen LogP contribution in [0.5, 0.6) is 0 Å². The van der Waals surface area contributed by atoms with Crippen LogP contribution in [-0.2, 0) is 38.1 Å². The van der Waals surface area contributed by atoms with E-state index < -0.39 is 83.9 Å². The predicted octanol–water partition coefficient (Wildman–Crippen LogP) is 4.07. The Morgan fingerprint density at radius 3 is 2.29 bits per heavy atom. The first kappa shape index (κ1) is 46.2. The number of rotatable bonds is 6. The molecule has 14 atom stereocenters. The van der Waals surface area contributed by atoms with Crippen LogP contribution in [0, 0.1) is 35.5 Å². The van der Waals surface area contributed by atoms with Gasteiger partial charge in [0, 0.05) is 57.5 Å². The normalized spacial score (nSPS) is 41.6. The van der Waals surface area contributed by atoms with E-state index in [4.69, 9.17) is 18.9 Å². The highest BCUT2D eigenvalue weighted by Gasteiger charge is 2.56. The van der Waals surface area contributed by atoms with Crippen molar-refractivity contribution in [3.8, 4) is 0 Å². The summed E-state index contributed by atoms with van der Waals surface area (Å²) in [5.41, 5.74) is 1.63. The lowest BCUT2D eigenvalue weighted by Crippen LogP contribution is -2.64. The third kappa shape index (κ3) is 10.7.